The van der Waals surface area contributed by atoms with Gasteiger partial charge in [0.25, 0.3) is 5.91 Å². The molecule has 2 aliphatic rings. The number of rotatable bonds is 6. The molecule has 0 aliphatic carbocycles. The summed E-state index contributed by atoms with van der Waals surface area (Å²) in [6, 6.07) is 16.4. The van der Waals surface area contributed by atoms with Crippen LogP contribution in [0.1, 0.15) is 49.7 Å². The average molecular weight is 535 g/mol. The third-order valence-electron chi connectivity index (χ3n) is 6.73. The minimum Gasteiger partial charge on any atom is -0.465 e. The van der Waals surface area contributed by atoms with Crippen LogP contribution in [0.5, 0.6) is 0 Å². The molecule has 196 valence electrons. The normalized spacial score (nSPS) is 20.6. The van der Waals surface area contributed by atoms with Crippen molar-refractivity contribution in [3.8, 4) is 0 Å². The van der Waals surface area contributed by atoms with Gasteiger partial charge in [0.15, 0.2) is 6.10 Å². The molecular formula is C28H26N2O7S. The lowest BCUT2D eigenvalue weighted by Crippen LogP contribution is -2.37. The summed E-state index contributed by atoms with van der Waals surface area (Å²) in [6.07, 6.45) is -1.12. The van der Waals surface area contributed by atoms with Crippen LogP contribution in [-0.4, -0.2) is 43.6 Å². The second-order valence-corrected chi connectivity index (χ2v) is 10.0. The Hall–Kier alpha value is -4.02. The predicted octanol–water partition coefficient (Wildman–Crippen LogP) is 4.38. The maximum Gasteiger partial charge on any atom is 0.348 e. The molecule has 3 atom stereocenters. The average Bonchev–Trinajstić information content (AvgIpc) is 3.55. The van der Waals surface area contributed by atoms with Crippen LogP contribution >= 0.6 is 11.3 Å². The molecule has 2 aromatic carbocycles. The summed E-state index contributed by atoms with van der Waals surface area (Å²) in [5.41, 5.74) is 2.82. The standard InChI is InChI=1S/C28H26N2O7S/c1-5-36-28(34)23-16(3)19(27(33)35-4)26(38-23)29-24(31)20-21(17-13-11-15(2)12-14-17)30(37-22(20)25(29)32)18-9-7-6-8-10-18/h6-14,20-22H,5H2,1-4H3/t20-,21-,22+/m1/s1. The number of fused-ring (bicyclic) bond motifs is 1. The van der Waals surface area contributed by atoms with Crippen molar-refractivity contribution in [1.82, 2.24) is 0 Å². The molecule has 2 fully saturated rings. The second-order valence-electron chi connectivity index (χ2n) is 9.03. The first kappa shape index (κ1) is 25.6. The van der Waals surface area contributed by atoms with E-state index in [4.69, 9.17) is 14.3 Å². The number of para-hydroxylation sites is 1. The molecule has 10 heteroatoms. The molecule has 3 aromatic rings. The summed E-state index contributed by atoms with van der Waals surface area (Å²) < 4.78 is 10.1. The van der Waals surface area contributed by atoms with Crippen LogP contribution in [0.3, 0.4) is 0 Å². The Morgan fingerprint density at radius 1 is 0.974 bits per heavy atom. The SMILES string of the molecule is CCOC(=O)c1sc(N2C(=O)[C@H]3[C@H](ON(c4ccccc4)[C@@H]3c3ccc(C)cc3)C2=O)c(C(=O)OC)c1C. The molecule has 9 nitrogen and oxygen atoms in total. The highest BCUT2D eigenvalue weighted by Crippen LogP contribution is 2.49. The molecule has 3 heterocycles. The number of carbonyl (C=O) groups is 4. The number of benzene rings is 2. The number of anilines is 2. The zero-order valence-corrected chi connectivity index (χ0v) is 22.1. The van der Waals surface area contributed by atoms with Crippen molar-refractivity contribution in [3.63, 3.8) is 0 Å². The number of methoxy groups -OCH3 is 1. The van der Waals surface area contributed by atoms with Crippen LogP contribution in [0, 0.1) is 19.8 Å². The number of hydrogen-bond acceptors (Lipinski definition) is 9. The minimum absolute atomic E-state index is 0.0194. The van der Waals surface area contributed by atoms with Crippen LogP contribution in [0.4, 0.5) is 10.7 Å². The summed E-state index contributed by atoms with van der Waals surface area (Å²) in [4.78, 5) is 60.4. The van der Waals surface area contributed by atoms with Gasteiger partial charge in [-0.05, 0) is 44.0 Å². The molecule has 1 aromatic heterocycles. The molecule has 0 unspecified atom stereocenters. The van der Waals surface area contributed by atoms with Crippen molar-refractivity contribution in [1.29, 1.82) is 0 Å². The predicted molar refractivity (Wildman–Crippen MR) is 140 cm³/mol. The smallest absolute Gasteiger partial charge is 0.348 e. The number of hydrogen-bond donors (Lipinski definition) is 0. The third kappa shape index (κ3) is 4.06. The number of nitrogens with zero attached hydrogens (tertiary/aromatic N) is 2. The monoisotopic (exact) mass is 534 g/mol. The van der Waals surface area contributed by atoms with Gasteiger partial charge in [-0.3, -0.25) is 14.4 Å². The zero-order chi connectivity index (χ0) is 27.1. The van der Waals surface area contributed by atoms with Crippen LogP contribution in [-0.2, 0) is 23.9 Å². The fourth-order valence-electron chi connectivity index (χ4n) is 4.91. The Morgan fingerprint density at radius 2 is 1.66 bits per heavy atom. The Balaban J connectivity index is 1.61. The Bertz CT molecular complexity index is 1420. The first-order valence-electron chi connectivity index (χ1n) is 12.1. The Morgan fingerprint density at radius 3 is 2.29 bits per heavy atom. The molecule has 2 aliphatic heterocycles. The van der Waals surface area contributed by atoms with Gasteiger partial charge < -0.3 is 9.47 Å². The molecule has 5 rings (SSSR count). The van der Waals surface area contributed by atoms with Gasteiger partial charge >= 0.3 is 11.9 Å². The van der Waals surface area contributed by atoms with E-state index < -0.39 is 41.8 Å². The van der Waals surface area contributed by atoms with Gasteiger partial charge in [-0.15, -0.1) is 11.3 Å². The largest absolute Gasteiger partial charge is 0.465 e. The lowest BCUT2D eigenvalue weighted by Gasteiger charge is -2.28. The van der Waals surface area contributed by atoms with Crippen LogP contribution in [0.25, 0.3) is 0 Å². The van der Waals surface area contributed by atoms with Crippen molar-refractivity contribution >= 4 is 45.8 Å². The van der Waals surface area contributed by atoms with Gasteiger partial charge in [0, 0.05) is 0 Å². The minimum atomic E-state index is -1.12. The molecule has 2 saturated heterocycles. The number of esters is 2. The lowest BCUT2D eigenvalue weighted by molar-refractivity contribution is -0.126. The molecule has 0 bridgehead atoms. The van der Waals surface area contributed by atoms with Crippen molar-refractivity contribution in [2.75, 3.05) is 23.7 Å². The first-order valence-corrected chi connectivity index (χ1v) is 12.9. The van der Waals surface area contributed by atoms with Crippen LogP contribution in [0.2, 0.25) is 0 Å². The highest BCUT2D eigenvalue weighted by atomic mass is 32.1. The summed E-state index contributed by atoms with van der Waals surface area (Å²) in [5.74, 6) is -3.42. The zero-order valence-electron chi connectivity index (χ0n) is 21.3. The number of ether oxygens (including phenoxy) is 2. The van der Waals surface area contributed by atoms with Gasteiger partial charge in [0.1, 0.15) is 15.8 Å². The maximum atomic E-state index is 14.0. The number of carbonyl (C=O) groups excluding carboxylic acids is 4. The summed E-state index contributed by atoms with van der Waals surface area (Å²) in [5, 5.41) is 1.64. The molecule has 0 spiro atoms. The lowest BCUT2D eigenvalue weighted by atomic mass is 9.90. The van der Waals surface area contributed by atoms with E-state index in [1.807, 2.05) is 61.5 Å². The van der Waals surface area contributed by atoms with Crippen molar-refractivity contribution in [2.24, 2.45) is 5.92 Å². The fraction of sp³-hybridized carbons (Fsp3) is 0.286. The van der Waals surface area contributed by atoms with E-state index in [0.717, 1.165) is 27.4 Å². The van der Waals surface area contributed by atoms with E-state index in [2.05, 4.69) is 0 Å². The number of amides is 2. The Kier molecular flexibility index (Phi) is 6.77. The first-order chi connectivity index (χ1) is 18.3. The summed E-state index contributed by atoms with van der Waals surface area (Å²) in [6.45, 7) is 5.32. The second kappa shape index (κ2) is 10.0. The van der Waals surface area contributed by atoms with Crippen molar-refractivity contribution < 1.29 is 33.5 Å². The van der Waals surface area contributed by atoms with Crippen LogP contribution < -0.4 is 9.96 Å². The van der Waals surface area contributed by atoms with Gasteiger partial charge in [-0.2, -0.15) is 0 Å². The van der Waals surface area contributed by atoms with E-state index >= 15 is 0 Å². The van der Waals surface area contributed by atoms with Crippen LogP contribution in [0.15, 0.2) is 54.6 Å². The number of hydroxylamine groups is 1. The molecular weight excluding hydrogens is 508 g/mol. The summed E-state index contributed by atoms with van der Waals surface area (Å²) >= 11 is 0.857. The van der Waals surface area contributed by atoms with E-state index in [0.29, 0.717) is 5.69 Å². The maximum absolute atomic E-state index is 14.0. The van der Waals surface area contributed by atoms with Gasteiger partial charge in [-0.25, -0.2) is 19.6 Å². The number of imide groups is 1. The molecule has 0 saturated carbocycles. The van der Waals surface area contributed by atoms with Gasteiger partial charge in [0.2, 0.25) is 5.91 Å². The fourth-order valence-corrected chi connectivity index (χ4v) is 6.11. The van der Waals surface area contributed by atoms with E-state index in [1.165, 1.54) is 7.11 Å². The summed E-state index contributed by atoms with van der Waals surface area (Å²) in [7, 11) is 1.20. The quantitative estimate of drug-likeness (QED) is 0.339. The highest BCUT2D eigenvalue weighted by Gasteiger charge is 2.61. The molecule has 0 N–H and O–H groups in total. The van der Waals surface area contributed by atoms with Gasteiger partial charge in [-0.1, -0.05) is 48.0 Å². The van der Waals surface area contributed by atoms with E-state index in [1.54, 1.807) is 18.9 Å². The van der Waals surface area contributed by atoms with Crippen molar-refractivity contribution in [3.05, 3.63) is 81.7 Å². The van der Waals surface area contributed by atoms with Gasteiger partial charge in [0.05, 0.1) is 31.0 Å². The van der Waals surface area contributed by atoms with E-state index in [9.17, 15) is 19.2 Å². The van der Waals surface area contributed by atoms with E-state index in [-0.39, 0.29) is 27.6 Å². The molecule has 0 radical (unpaired) electrons. The topological polar surface area (TPSA) is 102 Å². The third-order valence-corrected chi connectivity index (χ3v) is 7.98. The molecule has 2 amide bonds. The number of thiophene rings is 1. The number of aryl methyl sites for hydroxylation is 1. The Labute approximate surface area is 223 Å². The highest BCUT2D eigenvalue weighted by molar-refractivity contribution is 7.19. The molecule has 38 heavy (non-hydrogen) atoms. The van der Waals surface area contributed by atoms with Crippen molar-refractivity contribution in [2.45, 2.75) is 32.9 Å².